The summed E-state index contributed by atoms with van der Waals surface area (Å²) in [4.78, 5) is 12.3. The molecule has 0 aromatic heterocycles. The van der Waals surface area contributed by atoms with Gasteiger partial charge in [0.15, 0.2) is 11.5 Å². The predicted molar refractivity (Wildman–Crippen MR) is 116 cm³/mol. The minimum absolute atomic E-state index is 0.350. The third kappa shape index (κ3) is 6.15. The first-order valence-electron chi connectivity index (χ1n) is 9.38. The number of rotatable bonds is 9. The van der Waals surface area contributed by atoms with Crippen LogP contribution in [0.25, 0.3) is 0 Å². The highest BCUT2D eigenvalue weighted by Crippen LogP contribution is 2.34. The molecule has 3 aromatic carbocycles. The molecule has 7 nitrogen and oxygen atoms in total. The normalized spacial score (nSPS) is 10.2. The number of hydrogen-bond acceptors (Lipinski definition) is 5. The molecule has 3 aromatic rings. The van der Waals surface area contributed by atoms with E-state index in [1.165, 1.54) is 0 Å². The van der Waals surface area contributed by atoms with Crippen molar-refractivity contribution in [2.45, 2.75) is 0 Å². The molecule has 2 N–H and O–H groups in total. The van der Waals surface area contributed by atoms with E-state index >= 15 is 0 Å². The highest BCUT2D eigenvalue weighted by atomic mass is 16.5. The Morgan fingerprint density at radius 1 is 0.767 bits per heavy atom. The molecule has 0 heterocycles. The van der Waals surface area contributed by atoms with Crippen molar-refractivity contribution in [3.63, 3.8) is 0 Å². The Bertz CT molecular complexity index is 946. The second kappa shape index (κ2) is 10.7. The molecular formula is C23H24N2O5. The molecule has 0 aliphatic carbocycles. The maximum Gasteiger partial charge on any atom is 0.323 e. The molecule has 0 saturated heterocycles. The van der Waals surface area contributed by atoms with Gasteiger partial charge in [-0.1, -0.05) is 18.2 Å². The van der Waals surface area contributed by atoms with E-state index in [4.69, 9.17) is 18.9 Å². The van der Waals surface area contributed by atoms with Crippen LogP contribution in [0, 0.1) is 0 Å². The fourth-order valence-corrected chi connectivity index (χ4v) is 2.60. The van der Waals surface area contributed by atoms with Gasteiger partial charge < -0.3 is 29.6 Å². The number of ether oxygens (including phenoxy) is 4. The quantitative estimate of drug-likeness (QED) is 0.479. The fourth-order valence-electron chi connectivity index (χ4n) is 2.60. The lowest BCUT2D eigenvalue weighted by molar-refractivity contribution is 0.144. The van der Waals surface area contributed by atoms with Gasteiger partial charge in [0.05, 0.1) is 13.7 Å². The Balaban J connectivity index is 1.70. The van der Waals surface area contributed by atoms with Crippen molar-refractivity contribution >= 4 is 17.4 Å². The van der Waals surface area contributed by atoms with E-state index < -0.39 is 0 Å². The van der Waals surface area contributed by atoms with Crippen molar-refractivity contribution in [2.24, 2.45) is 0 Å². The van der Waals surface area contributed by atoms with E-state index in [1.54, 1.807) is 56.7 Å². The third-order valence-corrected chi connectivity index (χ3v) is 4.07. The van der Waals surface area contributed by atoms with Gasteiger partial charge in [-0.25, -0.2) is 4.79 Å². The third-order valence-electron chi connectivity index (χ3n) is 4.07. The summed E-state index contributed by atoms with van der Waals surface area (Å²) in [6.07, 6.45) is 0. The number of benzene rings is 3. The van der Waals surface area contributed by atoms with Crippen molar-refractivity contribution in [3.05, 3.63) is 72.8 Å². The molecule has 0 bridgehead atoms. The minimum atomic E-state index is -0.375. The standard InChI is InChI=1S/C23H24N2O5/c1-27-14-15-29-22-16-18(10-13-21(22)30-20-6-4-3-5-7-20)25-23(26)24-17-8-11-19(28-2)12-9-17/h3-13,16H,14-15H2,1-2H3,(H2,24,25,26). The van der Waals surface area contributed by atoms with Gasteiger partial charge in [-0.2, -0.15) is 0 Å². The van der Waals surface area contributed by atoms with Gasteiger partial charge in [-0.3, -0.25) is 0 Å². The van der Waals surface area contributed by atoms with Gasteiger partial charge in [0.1, 0.15) is 18.1 Å². The molecule has 7 heteroatoms. The van der Waals surface area contributed by atoms with Crippen LogP contribution in [0.4, 0.5) is 16.2 Å². The van der Waals surface area contributed by atoms with Crippen molar-refractivity contribution < 1.29 is 23.7 Å². The largest absolute Gasteiger partial charge is 0.497 e. The molecule has 3 rings (SSSR count). The Kier molecular flexibility index (Phi) is 7.51. The fraction of sp³-hybridized carbons (Fsp3) is 0.174. The lowest BCUT2D eigenvalue weighted by atomic mass is 10.2. The zero-order chi connectivity index (χ0) is 21.2. The second-order valence-electron chi connectivity index (χ2n) is 6.23. The zero-order valence-electron chi connectivity index (χ0n) is 16.9. The number of carbonyl (C=O) groups is 1. The molecule has 0 atom stereocenters. The molecule has 0 fully saturated rings. The summed E-state index contributed by atoms with van der Waals surface area (Å²) in [6, 6.07) is 21.3. The first kappa shape index (κ1) is 21.0. The van der Waals surface area contributed by atoms with E-state index in [-0.39, 0.29) is 6.03 Å². The average Bonchev–Trinajstić information content (AvgIpc) is 2.77. The molecule has 0 radical (unpaired) electrons. The predicted octanol–water partition coefficient (Wildman–Crippen LogP) is 5.16. The smallest absolute Gasteiger partial charge is 0.323 e. The van der Waals surface area contributed by atoms with Gasteiger partial charge in [-0.15, -0.1) is 0 Å². The first-order valence-corrected chi connectivity index (χ1v) is 9.38. The molecule has 0 aliphatic rings. The zero-order valence-corrected chi connectivity index (χ0v) is 16.9. The number of hydrogen-bond donors (Lipinski definition) is 2. The van der Waals surface area contributed by atoms with E-state index in [0.29, 0.717) is 47.6 Å². The number of amides is 2. The molecule has 0 aliphatic heterocycles. The van der Waals surface area contributed by atoms with Gasteiger partial charge >= 0.3 is 6.03 Å². The van der Waals surface area contributed by atoms with Crippen LogP contribution < -0.4 is 24.8 Å². The minimum Gasteiger partial charge on any atom is -0.497 e. The number of methoxy groups -OCH3 is 2. The van der Waals surface area contributed by atoms with Crippen LogP contribution >= 0.6 is 0 Å². The topological polar surface area (TPSA) is 78.1 Å². The first-order chi connectivity index (χ1) is 14.7. The van der Waals surface area contributed by atoms with Crippen LogP contribution in [0.5, 0.6) is 23.0 Å². The Morgan fingerprint density at radius 2 is 1.47 bits per heavy atom. The summed E-state index contributed by atoms with van der Waals surface area (Å²) < 4.78 is 21.9. The van der Waals surface area contributed by atoms with Gasteiger partial charge in [0.25, 0.3) is 0 Å². The van der Waals surface area contributed by atoms with E-state index in [0.717, 1.165) is 0 Å². The summed E-state index contributed by atoms with van der Waals surface area (Å²) in [7, 11) is 3.19. The van der Waals surface area contributed by atoms with Crippen LogP contribution in [-0.4, -0.2) is 33.5 Å². The van der Waals surface area contributed by atoms with Gasteiger partial charge in [-0.05, 0) is 48.5 Å². The molecule has 0 unspecified atom stereocenters. The Hall–Kier alpha value is -3.71. The number of nitrogens with one attached hydrogen (secondary N) is 2. The van der Waals surface area contributed by atoms with E-state index in [1.807, 2.05) is 30.3 Å². The average molecular weight is 408 g/mol. The summed E-state index contributed by atoms with van der Waals surface area (Å²) in [5.74, 6) is 2.44. The highest BCUT2D eigenvalue weighted by Gasteiger charge is 2.10. The van der Waals surface area contributed by atoms with Crippen LogP contribution in [0.1, 0.15) is 0 Å². The molecule has 30 heavy (non-hydrogen) atoms. The number of urea groups is 1. The molecule has 0 saturated carbocycles. The molecular weight excluding hydrogens is 384 g/mol. The maximum absolute atomic E-state index is 12.3. The summed E-state index contributed by atoms with van der Waals surface area (Å²) in [6.45, 7) is 0.781. The van der Waals surface area contributed by atoms with Crippen LogP contribution in [0.3, 0.4) is 0 Å². The molecule has 2 amide bonds. The van der Waals surface area contributed by atoms with Crippen molar-refractivity contribution in [3.8, 4) is 23.0 Å². The van der Waals surface area contributed by atoms with Crippen molar-refractivity contribution in [1.82, 2.24) is 0 Å². The van der Waals surface area contributed by atoms with Crippen LogP contribution in [-0.2, 0) is 4.74 Å². The van der Waals surface area contributed by atoms with Crippen molar-refractivity contribution in [2.75, 3.05) is 38.1 Å². The summed E-state index contributed by atoms with van der Waals surface area (Å²) in [5.41, 5.74) is 1.21. The van der Waals surface area contributed by atoms with Gasteiger partial charge in [0.2, 0.25) is 0 Å². The van der Waals surface area contributed by atoms with Crippen LogP contribution in [0.2, 0.25) is 0 Å². The maximum atomic E-state index is 12.3. The summed E-state index contributed by atoms with van der Waals surface area (Å²) >= 11 is 0. The SMILES string of the molecule is COCCOc1cc(NC(=O)Nc2ccc(OC)cc2)ccc1Oc1ccccc1. The number of para-hydroxylation sites is 1. The monoisotopic (exact) mass is 408 g/mol. The Labute approximate surface area is 175 Å². The number of carbonyl (C=O) groups excluding carboxylic acids is 1. The lowest BCUT2D eigenvalue weighted by Gasteiger charge is -2.15. The lowest BCUT2D eigenvalue weighted by Crippen LogP contribution is -2.19. The Morgan fingerprint density at radius 3 is 2.17 bits per heavy atom. The van der Waals surface area contributed by atoms with Gasteiger partial charge in [0, 0.05) is 24.6 Å². The van der Waals surface area contributed by atoms with Crippen LogP contribution in [0.15, 0.2) is 72.8 Å². The van der Waals surface area contributed by atoms with E-state index in [2.05, 4.69) is 10.6 Å². The molecule has 0 spiro atoms. The van der Waals surface area contributed by atoms with E-state index in [9.17, 15) is 4.79 Å². The highest BCUT2D eigenvalue weighted by molar-refractivity contribution is 5.99. The second-order valence-corrected chi connectivity index (χ2v) is 6.23. The van der Waals surface area contributed by atoms with Crippen molar-refractivity contribution in [1.29, 1.82) is 0 Å². The number of anilines is 2. The molecule has 156 valence electrons. The summed E-state index contributed by atoms with van der Waals surface area (Å²) in [5, 5.41) is 5.56.